The molecule has 3 aromatic carbocycles. The zero-order valence-electron chi connectivity index (χ0n) is 18.3. The third kappa shape index (κ3) is 4.84. The number of hydrogen-bond donors (Lipinski definition) is 0. The van der Waals surface area contributed by atoms with Crippen LogP contribution in [-0.4, -0.2) is 36.6 Å². The predicted molar refractivity (Wildman–Crippen MR) is 132 cm³/mol. The first-order valence-electron chi connectivity index (χ1n) is 11.0. The molecule has 1 aliphatic heterocycles. The van der Waals surface area contributed by atoms with Crippen LogP contribution >= 0.6 is 11.3 Å². The average Bonchev–Trinajstić information content (AvgIpc) is 3.37. The number of ether oxygens (including phenoxy) is 2. The van der Waals surface area contributed by atoms with E-state index in [1.54, 1.807) is 11.3 Å². The van der Waals surface area contributed by atoms with Crippen molar-refractivity contribution in [1.29, 1.82) is 0 Å². The number of anilines is 1. The summed E-state index contributed by atoms with van der Waals surface area (Å²) >= 11 is 1.56. The fraction of sp³-hybridized carbons (Fsp3) is 0.148. The molecule has 6 nitrogen and oxygen atoms in total. The molecule has 0 atom stereocenters. The Labute approximate surface area is 201 Å². The van der Waals surface area contributed by atoms with Crippen LogP contribution in [0, 0.1) is 0 Å². The number of fused-ring (bicyclic) bond motifs is 1. The SMILES string of the molecule is O=C(CN1C(=O)COc2ccc(-c3csc(-c4ccccc4)n3)cc21)OCCc1ccccc1. The maximum absolute atomic E-state index is 12.6. The number of benzene rings is 3. The third-order valence-electron chi connectivity index (χ3n) is 5.51. The van der Waals surface area contributed by atoms with Gasteiger partial charge in [-0.1, -0.05) is 60.7 Å². The predicted octanol–water partition coefficient (Wildman–Crippen LogP) is 4.99. The van der Waals surface area contributed by atoms with Gasteiger partial charge < -0.3 is 9.47 Å². The van der Waals surface area contributed by atoms with E-state index < -0.39 is 5.97 Å². The second-order valence-electron chi connectivity index (χ2n) is 7.81. The van der Waals surface area contributed by atoms with E-state index in [1.807, 2.05) is 84.2 Å². The van der Waals surface area contributed by atoms with Gasteiger partial charge in [0.25, 0.3) is 5.91 Å². The lowest BCUT2D eigenvalue weighted by molar-refractivity contribution is -0.143. The Hall–Kier alpha value is -3.97. The van der Waals surface area contributed by atoms with Crippen LogP contribution in [0.3, 0.4) is 0 Å². The molecule has 170 valence electrons. The molecule has 0 saturated heterocycles. The summed E-state index contributed by atoms with van der Waals surface area (Å²) in [5.74, 6) is -0.186. The first kappa shape index (κ1) is 21.9. The molecule has 0 unspecified atom stereocenters. The highest BCUT2D eigenvalue weighted by Crippen LogP contribution is 2.37. The maximum Gasteiger partial charge on any atom is 0.326 e. The second-order valence-corrected chi connectivity index (χ2v) is 8.67. The Morgan fingerprint density at radius 1 is 1.00 bits per heavy atom. The van der Waals surface area contributed by atoms with Gasteiger partial charge in [0.15, 0.2) is 6.61 Å². The summed E-state index contributed by atoms with van der Waals surface area (Å²) in [4.78, 5) is 31.3. The molecule has 7 heteroatoms. The molecule has 1 amide bonds. The highest BCUT2D eigenvalue weighted by atomic mass is 32.1. The van der Waals surface area contributed by atoms with E-state index >= 15 is 0 Å². The minimum Gasteiger partial charge on any atom is -0.482 e. The van der Waals surface area contributed by atoms with Gasteiger partial charge in [-0.05, 0) is 23.8 Å². The Kier molecular flexibility index (Phi) is 6.35. The largest absolute Gasteiger partial charge is 0.482 e. The van der Waals surface area contributed by atoms with Crippen LogP contribution in [0.5, 0.6) is 5.75 Å². The Bertz CT molecular complexity index is 1300. The van der Waals surface area contributed by atoms with Crippen molar-refractivity contribution in [3.05, 3.63) is 89.8 Å². The van der Waals surface area contributed by atoms with Gasteiger partial charge in [-0.25, -0.2) is 4.98 Å². The molecule has 0 aliphatic carbocycles. The molecular weight excluding hydrogens is 448 g/mol. The van der Waals surface area contributed by atoms with E-state index in [9.17, 15) is 9.59 Å². The van der Waals surface area contributed by atoms with Crippen LogP contribution in [0.1, 0.15) is 5.56 Å². The second kappa shape index (κ2) is 9.89. The van der Waals surface area contributed by atoms with Crippen molar-refractivity contribution in [2.45, 2.75) is 6.42 Å². The standard InChI is InChI=1S/C27H22N2O4S/c30-25-17-33-24-12-11-21(22-18-34-27(28-22)20-9-5-2-6-10-20)15-23(24)29(25)16-26(31)32-14-13-19-7-3-1-4-8-19/h1-12,15,18H,13-14,16-17H2. The number of thiazole rings is 1. The van der Waals surface area contributed by atoms with Crippen molar-refractivity contribution in [3.8, 4) is 27.6 Å². The van der Waals surface area contributed by atoms with Gasteiger partial charge in [0.05, 0.1) is 18.0 Å². The minimum atomic E-state index is -0.456. The fourth-order valence-electron chi connectivity index (χ4n) is 3.76. The topological polar surface area (TPSA) is 68.7 Å². The number of esters is 1. The molecule has 4 aromatic rings. The Balaban J connectivity index is 1.31. The number of carbonyl (C=O) groups is 2. The fourth-order valence-corrected chi connectivity index (χ4v) is 4.59. The number of hydrogen-bond acceptors (Lipinski definition) is 6. The quantitative estimate of drug-likeness (QED) is 0.356. The first-order chi connectivity index (χ1) is 16.7. The highest BCUT2D eigenvalue weighted by Gasteiger charge is 2.28. The number of aromatic nitrogens is 1. The summed E-state index contributed by atoms with van der Waals surface area (Å²) in [5.41, 5.74) is 4.33. The van der Waals surface area contributed by atoms with Gasteiger partial charge in [0.1, 0.15) is 17.3 Å². The van der Waals surface area contributed by atoms with Crippen LogP contribution in [0.4, 0.5) is 5.69 Å². The van der Waals surface area contributed by atoms with E-state index in [1.165, 1.54) is 4.90 Å². The average molecular weight is 471 g/mol. The van der Waals surface area contributed by atoms with Gasteiger partial charge in [0.2, 0.25) is 0 Å². The van der Waals surface area contributed by atoms with Crippen molar-refractivity contribution < 1.29 is 19.1 Å². The molecule has 1 aromatic heterocycles. The Morgan fingerprint density at radius 3 is 2.56 bits per heavy atom. The number of nitrogens with zero attached hydrogens (tertiary/aromatic N) is 2. The molecule has 0 radical (unpaired) electrons. The monoisotopic (exact) mass is 470 g/mol. The summed E-state index contributed by atoms with van der Waals surface area (Å²) < 4.78 is 11.0. The van der Waals surface area contributed by atoms with Gasteiger partial charge >= 0.3 is 5.97 Å². The summed E-state index contributed by atoms with van der Waals surface area (Å²) in [6.07, 6.45) is 0.623. The molecule has 0 saturated carbocycles. The number of rotatable bonds is 7. The van der Waals surface area contributed by atoms with E-state index in [-0.39, 0.29) is 25.7 Å². The van der Waals surface area contributed by atoms with Crippen molar-refractivity contribution in [1.82, 2.24) is 4.98 Å². The molecule has 0 bridgehead atoms. The van der Waals surface area contributed by atoms with Gasteiger partial charge in [-0.2, -0.15) is 0 Å². The summed E-state index contributed by atoms with van der Waals surface area (Å²) in [7, 11) is 0. The van der Waals surface area contributed by atoms with Crippen LogP contribution in [-0.2, 0) is 20.7 Å². The Morgan fingerprint density at radius 2 is 1.76 bits per heavy atom. The lowest BCUT2D eigenvalue weighted by Gasteiger charge is -2.29. The van der Waals surface area contributed by atoms with Gasteiger partial charge in [0, 0.05) is 22.9 Å². The lowest BCUT2D eigenvalue weighted by Crippen LogP contribution is -2.42. The van der Waals surface area contributed by atoms with E-state index in [4.69, 9.17) is 14.5 Å². The van der Waals surface area contributed by atoms with Crippen LogP contribution in [0.2, 0.25) is 0 Å². The third-order valence-corrected chi connectivity index (χ3v) is 6.40. The minimum absolute atomic E-state index is 0.113. The summed E-state index contributed by atoms with van der Waals surface area (Å²) in [5, 5.41) is 2.90. The smallest absolute Gasteiger partial charge is 0.326 e. The molecule has 0 fully saturated rings. The number of amides is 1. The lowest BCUT2D eigenvalue weighted by atomic mass is 10.1. The summed E-state index contributed by atoms with van der Waals surface area (Å²) in [6.45, 7) is -0.0202. The van der Waals surface area contributed by atoms with Gasteiger partial charge in [-0.3, -0.25) is 14.5 Å². The van der Waals surface area contributed by atoms with E-state index in [0.29, 0.717) is 17.9 Å². The molecule has 5 rings (SSSR count). The van der Waals surface area contributed by atoms with Crippen LogP contribution in [0.25, 0.3) is 21.8 Å². The van der Waals surface area contributed by atoms with Crippen LogP contribution in [0.15, 0.2) is 84.2 Å². The zero-order valence-corrected chi connectivity index (χ0v) is 19.2. The molecular formula is C27H22N2O4S. The molecule has 1 aliphatic rings. The maximum atomic E-state index is 12.6. The van der Waals surface area contributed by atoms with E-state index in [0.717, 1.165) is 27.4 Å². The zero-order chi connectivity index (χ0) is 23.3. The number of carbonyl (C=O) groups excluding carboxylic acids is 2. The van der Waals surface area contributed by atoms with Gasteiger partial charge in [-0.15, -0.1) is 11.3 Å². The van der Waals surface area contributed by atoms with Crippen molar-refractivity contribution in [2.75, 3.05) is 24.7 Å². The van der Waals surface area contributed by atoms with Crippen molar-refractivity contribution >= 4 is 28.9 Å². The molecule has 0 N–H and O–H groups in total. The van der Waals surface area contributed by atoms with Crippen molar-refractivity contribution in [2.24, 2.45) is 0 Å². The van der Waals surface area contributed by atoms with Crippen LogP contribution < -0.4 is 9.64 Å². The summed E-state index contributed by atoms with van der Waals surface area (Å²) in [6, 6.07) is 25.3. The molecule has 2 heterocycles. The molecule has 34 heavy (non-hydrogen) atoms. The molecule has 0 spiro atoms. The van der Waals surface area contributed by atoms with E-state index in [2.05, 4.69) is 0 Å². The van der Waals surface area contributed by atoms with Crippen molar-refractivity contribution in [3.63, 3.8) is 0 Å². The normalized spacial score (nSPS) is 12.7. The first-order valence-corrected chi connectivity index (χ1v) is 11.8. The highest BCUT2D eigenvalue weighted by molar-refractivity contribution is 7.13.